The van der Waals surface area contributed by atoms with Crippen molar-refractivity contribution in [1.82, 2.24) is 4.72 Å². The summed E-state index contributed by atoms with van der Waals surface area (Å²) in [6.07, 6.45) is 4.62. The van der Waals surface area contributed by atoms with Gasteiger partial charge in [-0.05, 0) is 42.4 Å². The van der Waals surface area contributed by atoms with E-state index in [2.05, 4.69) is 11.6 Å². The van der Waals surface area contributed by atoms with Crippen LogP contribution in [0.5, 0.6) is 0 Å². The number of nitrogens with zero attached hydrogens (tertiary/aromatic N) is 1. The van der Waals surface area contributed by atoms with Crippen LogP contribution in [0.15, 0.2) is 24.3 Å². The van der Waals surface area contributed by atoms with Crippen molar-refractivity contribution in [3.8, 4) is 6.07 Å². The van der Waals surface area contributed by atoms with Gasteiger partial charge in [0.15, 0.2) is 0 Å². The normalized spacial score (nSPS) is 22.7. The molecule has 21 heavy (non-hydrogen) atoms. The lowest BCUT2D eigenvalue weighted by Gasteiger charge is -2.26. The van der Waals surface area contributed by atoms with Crippen LogP contribution in [0.1, 0.15) is 43.7 Å². The molecule has 1 aromatic rings. The summed E-state index contributed by atoms with van der Waals surface area (Å²) in [6.45, 7) is 2.80. The minimum atomic E-state index is -3.30. The third kappa shape index (κ3) is 5.14. The number of hydrogen-bond donors (Lipinski definition) is 1. The predicted octanol–water partition coefficient (Wildman–Crippen LogP) is 2.80. The fraction of sp³-hybridized carbons (Fsp3) is 0.562. The predicted molar refractivity (Wildman–Crippen MR) is 82.9 cm³/mol. The van der Waals surface area contributed by atoms with Crippen LogP contribution in [0.4, 0.5) is 0 Å². The van der Waals surface area contributed by atoms with Crippen molar-refractivity contribution in [2.45, 2.75) is 38.4 Å². The van der Waals surface area contributed by atoms with Crippen molar-refractivity contribution < 1.29 is 8.42 Å². The Labute approximate surface area is 127 Å². The molecule has 5 heteroatoms. The largest absolute Gasteiger partial charge is 0.215 e. The van der Waals surface area contributed by atoms with Crippen LogP contribution in [0.2, 0.25) is 0 Å². The SMILES string of the molecule is CC1CCC(CNS(=O)(=O)Cc2ccc(C#N)cc2)CC1. The molecule has 1 saturated carbocycles. The zero-order chi connectivity index (χ0) is 15.3. The summed E-state index contributed by atoms with van der Waals surface area (Å²) in [7, 11) is -3.30. The number of sulfonamides is 1. The first-order valence-corrected chi connectivity index (χ1v) is 9.10. The summed E-state index contributed by atoms with van der Waals surface area (Å²) >= 11 is 0. The van der Waals surface area contributed by atoms with Gasteiger partial charge in [0, 0.05) is 6.54 Å². The monoisotopic (exact) mass is 306 g/mol. The number of rotatable bonds is 5. The molecule has 2 rings (SSSR count). The maximum Gasteiger partial charge on any atom is 0.215 e. The molecule has 0 aromatic heterocycles. The molecule has 0 spiro atoms. The summed E-state index contributed by atoms with van der Waals surface area (Å²) in [5.74, 6) is 1.22. The minimum absolute atomic E-state index is 0.0260. The molecule has 1 N–H and O–H groups in total. The van der Waals surface area contributed by atoms with Crippen LogP contribution >= 0.6 is 0 Å². The Morgan fingerprint density at radius 3 is 2.38 bits per heavy atom. The van der Waals surface area contributed by atoms with E-state index in [1.165, 1.54) is 12.8 Å². The first-order chi connectivity index (χ1) is 9.98. The lowest BCUT2D eigenvalue weighted by Crippen LogP contribution is -2.32. The van der Waals surface area contributed by atoms with Gasteiger partial charge < -0.3 is 0 Å². The van der Waals surface area contributed by atoms with Gasteiger partial charge in [-0.3, -0.25) is 0 Å². The van der Waals surface area contributed by atoms with E-state index in [9.17, 15) is 8.42 Å². The van der Waals surface area contributed by atoms with Gasteiger partial charge in [-0.15, -0.1) is 0 Å². The molecule has 1 fully saturated rings. The number of benzene rings is 1. The van der Waals surface area contributed by atoms with Crippen LogP contribution in [0, 0.1) is 23.2 Å². The van der Waals surface area contributed by atoms with Gasteiger partial charge in [-0.2, -0.15) is 5.26 Å². The molecule has 1 aliphatic rings. The fourth-order valence-electron chi connectivity index (χ4n) is 2.72. The second-order valence-electron chi connectivity index (χ2n) is 6.04. The molecule has 0 saturated heterocycles. The molecule has 0 radical (unpaired) electrons. The summed E-state index contributed by atoms with van der Waals surface area (Å²) in [5.41, 5.74) is 1.25. The highest BCUT2D eigenvalue weighted by atomic mass is 32.2. The van der Waals surface area contributed by atoms with Crippen LogP contribution in [0.25, 0.3) is 0 Å². The Morgan fingerprint density at radius 2 is 1.81 bits per heavy atom. The van der Waals surface area contributed by atoms with E-state index < -0.39 is 10.0 Å². The minimum Gasteiger partial charge on any atom is -0.215 e. The Morgan fingerprint density at radius 1 is 1.19 bits per heavy atom. The highest BCUT2D eigenvalue weighted by Crippen LogP contribution is 2.27. The molecular weight excluding hydrogens is 284 g/mol. The van der Waals surface area contributed by atoms with Gasteiger partial charge in [0.25, 0.3) is 0 Å². The molecule has 0 bridgehead atoms. The second-order valence-corrected chi connectivity index (χ2v) is 7.85. The summed E-state index contributed by atoms with van der Waals surface area (Å²) in [4.78, 5) is 0. The van der Waals surface area contributed by atoms with Gasteiger partial charge in [0.05, 0.1) is 17.4 Å². The molecule has 0 amide bonds. The van der Waals surface area contributed by atoms with Gasteiger partial charge in [-0.1, -0.05) is 31.9 Å². The molecule has 1 aromatic carbocycles. The van der Waals surface area contributed by atoms with E-state index in [-0.39, 0.29) is 5.75 Å². The first-order valence-electron chi connectivity index (χ1n) is 7.45. The Balaban J connectivity index is 1.85. The molecule has 0 aliphatic heterocycles. The molecule has 1 aliphatic carbocycles. The van der Waals surface area contributed by atoms with E-state index in [1.807, 2.05) is 6.07 Å². The zero-order valence-electron chi connectivity index (χ0n) is 12.4. The maximum atomic E-state index is 12.1. The van der Waals surface area contributed by atoms with Gasteiger partial charge in [0.1, 0.15) is 0 Å². The Bertz CT molecular complexity index is 594. The average molecular weight is 306 g/mol. The molecule has 0 unspecified atom stereocenters. The highest BCUT2D eigenvalue weighted by molar-refractivity contribution is 7.88. The Hall–Kier alpha value is -1.38. The fourth-order valence-corrected chi connectivity index (χ4v) is 3.95. The highest BCUT2D eigenvalue weighted by Gasteiger charge is 2.20. The average Bonchev–Trinajstić information content (AvgIpc) is 2.47. The van der Waals surface area contributed by atoms with Crippen molar-refractivity contribution >= 4 is 10.0 Å². The molecular formula is C16H22N2O2S. The summed E-state index contributed by atoms with van der Waals surface area (Å²) in [5, 5.41) is 8.73. The molecule has 0 atom stereocenters. The summed E-state index contributed by atoms with van der Waals surface area (Å²) < 4.78 is 26.9. The summed E-state index contributed by atoms with van der Waals surface area (Å²) in [6, 6.07) is 8.71. The van der Waals surface area contributed by atoms with E-state index in [0.29, 0.717) is 23.6 Å². The smallest absolute Gasteiger partial charge is 0.215 e. The molecule has 114 valence electrons. The lowest BCUT2D eigenvalue weighted by atomic mass is 9.83. The standard InChI is InChI=1S/C16H22N2O2S/c1-13-2-4-15(5-3-13)11-18-21(19,20)12-16-8-6-14(10-17)7-9-16/h6-9,13,15,18H,2-5,11-12H2,1H3. The van der Waals surface area contributed by atoms with Crippen LogP contribution in [-0.2, 0) is 15.8 Å². The third-order valence-corrected chi connectivity index (χ3v) is 5.49. The van der Waals surface area contributed by atoms with E-state index in [1.54, 1.807) is 24.3 Å². The van der Waals surface area contributed by atoms with Gasteiger partial charge >= 0.3 is 0 Å². The van der Waals surface area contributed by atoms with Gasteiger partial charge in [-0.25, -0.2) is 13.1 Å². The maximum absolute atomic E-state index is 12.1. The van der Waals surface area contributed by atoms with Crippen molar-refractivity contribution in [3.05, 3.63) is 35.4 Å². The number of hydrogen-bond acceptors (Lipinski definition) is 3. The quantitative estimate of drug-likeness (QED) is 0.909. The number of nitriles is 1. The first kappa shape index (κ1) is 16.0. The lowest BCUT2D eigenvalue weighted by molar-refractivity contribution is 0.290. The molecule has 4 nitrogen and oxygen atoms in total. The van der Waals surface area contributed by atoms with Crippen molar-refractivity contribution in [2.75, 3.05) is 6.54 Å². The zero-order valence-corrected chi connectivity index (χ0v) is 13.2. The van der Waals surface area contributed by atoms with E-state index in [4.69, 9.17) is 5.26 Å². The van der Waals surface area contributed by atoms with Crippen molar-refractivity contribution in [2.24, 2.45) is 11.8 Å². The topological polar surface area (TPSA) is 70.0 Å². The third-order valence-electron chi connectivity index (χ3n) is 4.17. The van der Waals surface area contributed by atoms with Crippen LogP contribution in [-0.4, -0.2) is 15.0 Å². The van der Waals surface area contributed by atoms with Crippen molar-refractivity contribution in [1.29, 1.82) is 5.26 Å². The number of nitrogens with one attached hydrogen (secondary N) is 1. The Kier molecular flexibility index (Phi) is 5.38. The second kappa shape index (κ2) is 7.06. The van der Waals surface area contributed by atoms with Crippen LogP contribution < -0.4 is 4.72 Å². The van der Waals surface area contributed by atoms with E-state index in [0.717, 1.165) is 18.8 Å². The van der Waals surface area contributed by atoms with Crippen LogP contribution in [0.3, 0.4) is 0 Å². The van der Waals surface area contributed by atoms with E-state index >= 15 is 0 Å². The van der Waals surface area contributed by atoms with Gasteiger partial charge in [0.2, 0.25) is 10.0 Å². The molecule has 0 heterocycles. The van der Waals surface area contributed by atoms with Crippen molar-refractivity contribution in [3.63, 3.8) is 0 Å².